The molecule has 1 saturated heterocycles. The second-order valence-corrected chi connectivity index (χ2v) is 5.81. The fourth-order valence-corrected chi connectivity index (χ4v) is 2.83. The molecular weight excluding hydrogens is 311 g/mol. The van der Waals surface area contributed by atoms with Crippen molar-refractivity contribution in [3.8, 4) is 0 Å². The van der Waals surface area contributed by atoms with Crippen molar-refractivity contribution in [3.05, 3.63) is 35.1 Å². The Balaban J connectivity index is 1.97. The van der Waals surface area contributed by atoms with Gasteiger partial charge in [0, 0.05) is 31.1 Å². The molecule has 0 saturated carbocycles. The zero-order chi connectivity index (χ0) is 17.0. The molecule has 0 aliphatic carbocycles. The summed E-state index contributed by atoms with van der Waals surface area (Å²) >= 11 is 0. The van der Waals surface area contributed by atoms with Gasteiger partial charge in [-0.1, -0.05) is 0 Å². The van der Waals surface area contributed by atoms with E-state index in [2.05, 4.69) is 0 Å². The lowest BCUT2D eigenvalue weighted by atomic mass is 9.93. The number of aliphatic carboxylic acids is 1. The maximum absolute atomic E-state index is 13.6. The molecule has 1 aromatic rings. The van der Waals surface area contributed by atoms with Gasteiger partial charge >= 0.3 is 5.97 Å². The zero-order valence-corrected chi connectivity index (χ0v) is 12.5. The number of carboxylic acid groups (broad SMARTS) is 1. The van der Waals surface area contributed by atoms with E-state index >= 15 is 0 Å². The summed E-state index contributed by atoms with van der Waals surface area (Å²) in [6.07, 6.45) is 1.78. The second kappa shape index (κ2) is 7.48. The summed E-state index contributed by atoms with van der Waals surface area (Å²) in [4.78, 5) is 24.4. The van der Waals surface area contributed by atoms with Gasteiger partial charge in [-0.05, 0) is 31.2 Å². The standard InChI is InChI=1S/C16H18F3NO3/c17-12-8-14(19)13(18)6-11(12)7-15(21)20-5-1-2-10(9-20)3-4-16(22)23/h6,8,10H,1-5,7,9H2,(H,22,23). The number of rotatable bonds is 5. The van der Waals surface area contributed by atoms with E-state index in [1.54, 1.807) is 0 Å². The first-order chi connectivity index (χ1) is 10.9. The molecule has 1 unspecified atom stereocenters. The van der Waals surface area contributed by atoms with Crippen LogP contribution in [-0.4, -0.2) is 35.0 Å². The highest BCUT2D eigenvalue weighted by atomic mass is 19.2. The third-order valence-electron chi connectivity index (χ3n) is 4.07. The third-order valence-corrected chi connectivity index (χ3v) is 4.07. The Kier molecular flexibility index (Phi) is 5.63. The van der Waals surface area contributed by atoms with Crippen molar-refractivity contribution < 1.29 is 27.9 Å². The number of hydrogen-bond acceptors (Lipinski definition) is 2. The van der Waals surface area contributed by atoms with E-state index in [1.165, 1.54) is 4.90 Å². The lowest BCUT2D eigenvalue weighted by molar-refractivity contribution is -0.137. The molecule has 0 aromatic heterocycles. The van der Waals surface area contributed by atoms with Gasteiger partial charge in [0.15, 0.2) is 11.6 Å². The molecular formula is C16H18F3NO3. The van der Waals surface area contributed by atoms with E-state index in [1.807, 2.05) is 0 Å². The average Bonchev–Trinajstić information content (AvgIpc) is 2.51. The molecule has 2 rings (SSSR count). The molecule has 1 N–H and O–H groups in total. The van der Waals surface area contributed by atoms with Gasteiger partial charge in [0.1, 0.15) is 5.82 Å². The number of carbonyl (C=O) groups is 2. The van der Waals surface area contributed by atoms with Gasteiger partial charge in [-0.2, -0.15) is 0 Å². The molecule has 1 fully saturated rings. The number of carboxylic acids is 1. The summed E-state index contributed by atoms with van der Waals surface area (Å²) in [6.45, 7) is 0.922. The third kappa shape index (κ3) is 4.71. The van der Waals surface area contributed by atoms with Crippen molar-refractivity contribution in [2.45, 2.75) is 32.1 Å². The van der Waals surface area contributed by atoms with E-state index in [9.17, 15) is 22.8 Å². The molecule has 0 radical (unpaired) electrons. The molecule has 1 aromatic carbocycles. The Morgan fingerprint density at radius 1 is 1.17 bits per heavy atom. The summed E-state index contributed by atoms with van der Waals surface area (Å²) in [6, 6.07) is 1.14. The van der Waals surface area contributed by atoms with Crippen LogP contribution in [0.25, 0.3) is 0 Å². The van der Waals surface area contributed by atoms with Crippen molar-refractivity contribution in [2.75, 3.05) is 13.1 Å². The molecule has 126 valence electrons. The summed E-state index contributed by atoms with van der Waals surface area (Å²) in [5.74, 6) is -4.57. The predicted molar refractivity (Wildman–Crippen MR) is 76.2 cm³/mol. The van der Waals surface area contributed by atoms with Crippen molar-refractivity contribution in [1.82, 2.24) is 4.90 Å². The molecule has 0 bridgehead atoms. The number of likely N-dealkylation sites (tertiary alicyclic amines) is 1. The lowest BCUT2D eigenvalue weighted by Crippen LogP contribution is -2.41. The number of carbonyl (C=O) groups excluding carboxylic acids is 1. The van der Waals surface area contributed by atoms with Gasteiger partial charge in [-0.25, -0.2) is 13.2 Å². The number of halogens is 3. The van der Waals surface area contributed by atoms with E-state index in [-0.39, 0.29) is 30.2 Å². The number of piperidine rings is 1. The highest BCUT2D eigenvalue weighted by molar-refractivity contribution is 5.79. The molecule has 7 heteroatoms. The average molecular weight is 329 g/mol. The minimum absolute atomic E-state index is 0.0461. The largest absolute Gasteiger partial charge is 0.481 e. The molecule has 1 aliphatic heterocycles. The van der Waals surface area contributed by atoms with Crippen molar-refractivity contribution in [1.29, 1.82) is 0 Å². The fraction of sp³-hybridized carbons (Fsp3) is 0.500. The van der Waals surface area contributed by atoms with Crippen LogP contribution in [0.4, 0.5) is 13.2 Å². The predicted octanol–water partition coefficient (Wildman–Crippen LogP) is 2.75. The Morgan fingerprint density at radius 2 is 1.87 bits per heavy atom. The smallest absolute Gasteiger partial charge is 0.303 e. The van der Waals surface area contributed by atoms with Crippen molar-refractivity contribution in [3.63, 3.8) is 0 Å². The van der Waals surface area contributed by atoms with E-state index in [4.69, 9.17) is 5.11 Å². The van der Waals surface area contributed by atoms with E-state index in [0.717, 1.165) is 12.8 Å². The highest BCUT2D eigenvalue weighted by Gasteiger charge is 2.25. The van der Waals surface area contributed by atoms with Gasteiger partial charge in [0.2, 0.25) is 5.91 Å². The number of hydrogen-bond donors (Lipinski definition) is 1. The van der Waals surface area contributed by atoms with Crippen LogP contribution in [0.2, 0.25) is 0 Å². The maximum Gasteiger partial charge on any atom is 0.303 e. The Morgan fingerprint density at radius 3 is 2.57 bits per heavy atom. The minimum Gasteiger partial charge on any atom is -0.481 e. The normalized spacial score (nSPS) is 18.0. The second-order valence-electron chi connectivity index (χ2n) is 5.81. The van der Waals surface area contributed by atoms with E-state index in [0.29, 0.717) is 31.6 Å². The monoisotopic (exact) mass is 329 g/mol. The summed E-state index contributed by atoms with van der Waals surface area (Å²) in [5, 5.41) is 8.70. The lowest BCUT2D eigenvalue weighted by Gasteiger charge is -2.32. The molecule has 0 spiro atoms. The van der Waals surface area contributed by atoms with Gasteiger partial charge in [-0.3, -0.25) is 9.59 Å². The van der Waals surface area contributed by atoms with Crippen molar-refractivity contribution in [2.24, 2.45) is 5.92 Å². The van der Waals surface area contributed by atoms with Gasteiger partial charge in [0.25, 0.3) is 0 Å². The first-order valence-electron chi connectivity index (χ1n) is 7.49. The highest BCUT2D eigenvalue weighted by Crippen LogP contribution is 2.22. The van der Waals surface area contributed by atoms with Crippen molar-refractivity contribution >= 4 is 11.9 Å². The summed E-state index contributed by atoms with van der Waals surface area (Å²) in [7, 11) is 0. The SMILES string of the molecule is O=C(O)CCC1CCCN(C(=O)Cc2cc(F)c(F)cc2F)C1. The van der Waals surface area contributed by atoms with Crippen LogP contribution in [0.3, 0.4) is 0 Å². The fourth-order valence-electron chi connectivity index (χ4n) is 2.83. The summed E-state index contributed by atoms with van der Waals surface area (Å²) in [5.41, 5.74) is -0.179. The van der Waals surface area contributed by atoms with Gasteiger partial charge < -0.3 is 10.0 Å². The van der Waals surface area contributed by atoms with Crippen LogP contribution in [-0.2, 0) is 16.0 Å². The van der Waals surface area contributed by atoms with E-state index < -0.39 is 23.4 Å². The van der Waals surface area contributed by atoms with Crippen LogP contribution in [0.1, 0.15) is 31.2 Å². The Hall–Kier alpha value is -2.05. The van der Waals surface area contributed by atoms with Gasteiger partial charge in [0.05, 0.1) is 6.42 Å². The molecule has 1 atom stereocenters. The van der Waals surface area contributed by atoms with Crippen LogP contribution < -0.4 is 0 Å². The summed E-state index contributed by atoms with van der Waals surface area (Å²) < 4.78 is 39.7. The number of benzene rings is 1. The van der Waals surface area contributed by atoms with Crippen LogP contribution >= 0.6 is 0 Å². The maximum atomic E-state index is 13.6. The zero-order valence-electron chi connectivity index (χ0n) is 12.5. The quantitative estimate of drug-likeness (QED) is 0.845. The van der Waals surface area contributed by atoms with Gasteiger partial charge in [-0.15, -0.1) is 0 Å². The molecule has 4 nitrogen and oxygen atoms in total. The number of amides is 1. The van der Waals surface area contributed by atoms with Crippen LogP contribution in [0.15, 0.2) is 12.1 Å². The molecule has 1 amide bonds. The first-order valence-corrected chi connectivity index (χ1v) is 7.49. The Labute approximate surface area is 131 Å². The molecule has 1 aliphatic rings. The topological polar surface area (TPSA) is 57.6 Å². The molecule has 23 heavy (non-hydrogen) atoms. The first kappa shape index (κ1) is 17.3. The number of nitrogens with zero attached hydrogens (tertiary/aromatic N) is 1. The van der Waals surface area contributed by atoms with Crippen LogP contribution in [0.5, 0.6) is 0 Å². The Bertz CT molecular complexity index is 606. The molecule has 1 heterocycles. The minimum atomic E-state index is -1.29. The van der Waals surface area contributed by atoms with Crippen LogP contribution in [0, 0.1) is 23.4 Å².